The number of benzene rings is 1. The molecule has 78 valence electrons. The molecule has 0 spiro atoms. The van der Waals surface area contributed by atoms with Gasteiger partial charge in [-0.25, -0.2) is 0 Å². The van der Waals surface area contributed by atoms with Gasteiger partial charge in [-0.2, -0.15) is 0 Å². The third kappa shape index (κ3) is 3.01. The van der Waals surface area contributed by atoms with Crippen LogP contribution in [0.25, 0.3) is 0 Å². The van der Waals surface area contributed by atoms with E-state index in [9.17, 15) is 0 Å². The first-order valence-electron chi connectivity index (χ1n) is 4.87. The molecule has 0 saturated carbocycles. The standard InChI is InChI=1S/C11H17NO2/c1-2-9-3-5-10(6-4-9)12-11(7-13)8-14/h3-6,11-14H,2,7-8H2,1H3. The lowest BCUT2D eigenvalue weighted by Gasteiger charge is -2.14. The highest BCUT2D eigenvalue weighted by Crippen LogP contribution is 2.10. The minimum absolute atomic E-state index is 0.0635. The zero-order valence-electron chi connectivity index (χ0n) is 8.40. The Morgan fingerprint density at radius 2 is 1.71 bits per heavy atom. The summed E-state index contributed by atoms with van der Waals surface area (Å²) in [5.74, 6) is 0. The molecule has 14 heavy (non-hydrogen) atoms. The SMILES string of the molecule is CCc1ccc(NC(CO)CO)cc1. The van der Waals surface area contributed by atoms with E-state index in [1.807, 2.05) is 24.3 Å². The number of hydrogen-bond donors (Lipinski definition) is 3. The number of aliphatic hydroxyl groups is 2. The first kappa shape index (κ1) is 11.0. The first-order chi connectivity index (χ1) is 6.80. The summed E-state index contributed by atoms with van der Waals surface area (Å²) >= 11 is 0. The molecule has 1 rings (SSSR count). The zero-order valence-corrected chi connectivity index (χ0v) is 8.40. The molecule has 0 aliphatic rings. The molecule has 0 aliphatic heterocycles. The van der Waals surface area contributed by atoms with Gasteiger partial charge in [0.05, 0.1) is 19.3 Å². The van der Waals surface area contributed by atoms with Crippen molar-refractivity contribution in [2.45, 2.75) is 19.4 Å². The van der Waals surface area contributed by atoms with Crippen LogP contribution in [0, 0.1) is 0 Å². The number of nitrogens with one attached hydrogen (secondary N) is 1. The summed E-state index contributed by atoms with van der Waals surface area (Å²) in [6.07, 6.45) is 1.02. The summed E-state index contributed by atoms with van der Waals surface area (Å²) in [7, 11) is 0. The smallest absolute Gasteiger partial charge is 0.0723 e. The van der Waals surface area contributed by atoms with E-state index in [1.165, 1.54) is 5.56 Å². The molecule has 0 amide bonds. The Labute approximate surface area is 84.4 Å². The highest BCUT2D eigenvalue weighted by atomic mass is 16.3. The molecular formula is C11H17NO2. The van der Waals surface area contributed by atoms with Crippen LogP contribution in [0.2, 0.25) is 0 Å². The molecule has 3 N–H and O–H groups in total. The Morgan fingerprint density at radius 1 is 1.14 bits per heavy atom. The second-order valence-corrected chi connectivity index (χ2v) is 3.26. The van der Waals surface area contributed by atoms with Gasteiger partial charge in [0, 0.05) is 5.69 Å². The topological polar surface area (TPSA) is 52.5 Å². The fraction of sp³-hybridized carbons (Fsp3) is 0.455. The van der Waals surface area contributed by atoms with Crippen LogP contribution in [-0.2, 0) is 6.42 Å². The number of aryl methyl sites for hydroxylation is 1. The van der Waals surface area contributed by atoms with Crippen molar-refractivity contribution in [1.82, 2.24) is 0 Å². The molecule has 1 aromatic carbocycles. The lowest BCUT2D eigenvalue weighted by atomic mass is 10.1. The average molecular weight is 195 g/mol. The molecule has 0 unspecified atom stereocenters. The summed E-state index contributed by atoms with van der Waals surface area (Å²) in [4.78, 5) is 0. The summed E-state index contributed by atoms with van der Waals surface area (Å²) in [6.45, 7) is 1.98. The molecule has 0 saturated heterocycles. The van der Waals surface area contributed by atoms with E-state index >= 15 is 0 Å². The molecule has 3 nitrogen and oxygen atoms in total. The van der Waals surface area contributed by atoms with E-state index in [0.29, 0.717) is 0 Å². The summed E-state index contributed by atoms with van der Waals surface area (Å²) in [5, 5.41) is 20.8. The molecular weight excluding hydrogens is 178 g/mol. The predicted molar refractivity (Wildman–Crippen MR) is 57.4 cm³/mol. The molecule has 0 fully saturated rings. The van der Waals surface area contributed by atoms with Gasteiger partial charge < -0.3 is 15.5 Å². The maximum atomic E-state index is 8.87. The summed E-state index contributed by atoms with van der Waals surface area (Å²) < 4.78 is 0. The van der Waals surface area contributed by atoms with Crippen molar-refractivity contribution in [3.8, 4) is 0 Å². The second kappa shape index (κ2) is 5.62. The van der Waals surface area contributed by atoms with Crippen molar-refractivity contribution in [1.29, 1.82) is 0 Å². The molecule has 0 atom stereocenters. The third-order valence-electron chi connectivity index (χ3n) is 2.17. The van der Waals surface area contributed by atoms with Gasteiger partial charge >= 0.3 is 0 Å². The van der Waals surface area contributed by atoms with Crippen LogP contribution in [0.15, 0.2) is 24.3 Å². The Morgan fingerprint density at radius 3 is 2.14 bits per heavy atom. The molecule has 0 aliphatic carbocycles. The number of aliphatic hydroxyl groups excluding tert-OH is 2. The second-order valence-electron chi connectivity index (χ2n) is 3.26. The highest BCUT2D eigenvalue weighted by molar-refractivity contribution is 5.45. The molecule has 0 aromatic heterocycles. The monoisotopic (exact) mass is 195 g/mol. The molecule has 0 bridgehead atoms. The zero-order chi connectivity index (χ0) is 10.4. The van der Waals surface area contributed by atoms with Crippen molar-refractivity contribution in [2.24, 2.45) is 0 Å². The van der Waals surface area contributed by atoms with Crippen LogP contribution in [0.4, 0.5) is 5.69 Å². The lowest BCUT2D eigenvalue weighted by molar-refractivity contribution is 0.204. The van der Waals surface area contributed by atoms with Gasteiger partial charge in [-0.3, -0.25) is 0 Å². The van der Waals surface area contributed by atoms with E-state index < -0.39 is 0 Å². The third-order valence-corrected chi connectivity index (χ3v) is 2.17. The quantitative estimate of drug-likeness (QED) is 0.657. The van der Waals surface area contributed by atoms with E-state index in [1.54, 1.807) is 0 Å². The van der Waals surface area contributed by atoms with Crippen LogP contribution in [-0.4, -0.2) is 29.5 Å². The van der Waals surface area contributed by atoms with Gasteiger partial charge in [-0.1, -0.05) is 19.1 Å². The van der Waals surface area contributed by atoms with E-state index in [4.69, 9.17) is 10.2 Å². The van der Waals surface area contributed by atoms with Crippen LogP contribution in [0.1, 0.15) is 12.5 Å². The van der Waals surface area contributed by atoms with Gasteiger partial charge in [0.25, 0.3) is 0 Å². The Hall–Kier alpha value is -1.06. The van der Waals surface area contributed by atoms with E-state index in [0.717, 1.165) is 12.1 Å². The summed E-state index contributed by atoms with van der Waals surface area (Å²) in [6, 6.07) is 7.71. The van der Waals surface area contributed by atoms with Crippen LogP contribution in [0.5, 0.6) is 0 Å². The maximum absolute atomic E-state index is 8.87. The Balaban J connectivity index is 2.58. The van der Waals surface area contributed by atoms with Crippen molar-refractivity contribution < 1.29 is 10.2 Å². The van der Waals surface area contributed by atoms with Gasteiger partial charge in [-0.05, 0) is 24.1 Å². The van der Waals surface area contributed by atoms with Crippen LogP contribution >= 0.6 is 0 Å². The minimum atomic E-state index is -0.275. The fourth-order valence-electron chi connectivity index (χ4n) is 1.22. The van der Waals surface area contributed by atoms with Crippen molar-refractivity contribution in [3.63, 3.8) is 0 Å². The van der Waals surface area contributed by atoms with Crippen LogP contribution < -0.4 is 5.32 Å². The van der Waals surface area contributed by atoms with Gasteiger partial charge in [0.2, 0.25) is 0 Å². The van der Waals surface area contributed by atoms with Gasteiger partial charge in [0.15, 0.2) is 0 Å². The molecule has 1 aromatic rings. The van der Waals surface area contributed by atoms with Crippen LogP contribution in [0.3, 0.4) is 0 Å². The minimum Gasteiger partial charge on any atom is -0.394 e. The van der Waals surface area contributed by atoms with Crippen molar-refractivity contribution >= 4 is 5.69 Å². The average Bonchev–Trinajstić information content (AvgIpc) is 2.26. The lowest BCUT2D eigenvalue weighted by Crippen LogP contribution is -2.27. The number of hydrogen-bond acceptors (Lipinski definition) is 3. The Bertz CT molecular complexity index is 254. The predicted octanol–water partition coefficient (Wildman–Crippen LogP) is 1.01. The Kier molecular flexibility index (Phi) is 4.43. The number of anilines is 1. The fourth-order valence-corrected chi connectivity index (χ4v) is 1.22. The maximum Gasteiger partial charge on any atom is 0.0723 e. The molecule has 0 heterocycles. The normalized spacial score (nSPS) is 10.6. The summed E-state index contributed by atoms with van der Waals surface area (Å²) in [5.41, 5.74) is 2.20. The van der Waals surface area contributed by atoms with E-state index in [2.05, 4.69) is 12.2 Å². The highest BCUT2D eigenvalue weighted by Gasteiger charge is 2.04. The number of rotatable bonds is 5. The van der Waals surface area contributed by atoms with E-state index in [-0.39, 0.29) is 19.3 Å². The van der Waals surface area contributed by atoms with Crippen molar-refractivity contribution in [2.75, 3.05) is 18.5 Å². The largest absolute Gasteiger partial charge is 0.394 e. The molecule has 0 radical (unpaired) electrons. The first-order valence-corrected chi connectivity index (χ1v) is 4.87. The molecule has 3 heteroatoms. The van der Waals surface area contributed by atoms with Crippen molar-refractivity contribution in [3.05, 3.63) is 29.8 Å². The van der Waals surface area contributed by atoms with Gasteiger partial charge in [0.1, 0.15) is 0 Å². The van der Waals surface area contributed by atoms with Gasteiger partial charge in [-0.15, -0.1) is 0 Å².